The molecule has 2 atom stereocenters. The minimum Gasteiger partial charge on any atom is -0.384 e. The number of amides is 1. The second-order valence-electron chi connectivity index (χ2n) is 5.31. The van der Waals surface area contributed by atoms with Gasteiger partial charge in [-0.1, -0.05) is 24.3 Å². The van der Waals surface area contributed by atoms with Crippen molar-refractivity contribution in [2.24, 2.45) is 17.8 Å². The predicted molar refractivity (Wildman–Crippen MR) is 73.4 cm³/mol. The van der Waals surface area contributed by atoms with Gasteiger partial charge in [0.1, 0.15) is 6.61 Å². The third-order valence-corrected chi connectivity index (χ3v) is 4.15. The molecule has 0 aromatic heterocycles. The Balaban J connectivity index is 1.65. The molecule has 0 saturated heterocycles. The fourth-order valence-corrected chi connectivity index (χ4v) is 3.25. The molecule has 19 heavy (non-hydrogen) atoms. The van der Waals surface area contributed by atoms with Crippen molar-refractivity contribution < 1.29 is 9.90 Å². The van der Waals surface area contributed by atoms with Gasteiger partial charge in [0.05, 0.1) is 0 Å². The van der Waals surface area contributed by atoms with Crippen LogP contribution in [0.25, 0.3) is 0 Å². The van der Waals surface area contributed by atoms with Crippen LogP contribution in [-0.4, -0.2) is 17.6 Å². The Bertz CT molecular complexity index is 545. The average Bonchev–Trinajstić information content (AvgIpc) is 2.91. The van der Waals surface area contributed by atoms with Crippen LogP contribution in [0.3, 0.4) is 0 Å². The van der Waals surface area contributed by atoms with Gasteiger partial charge in [-0.15, -0.1) is 0 Å². The van der Waals surface area contributed by atoms with Gasteiger partial charge in [0.15, 0.2) is 0 Å². The molecule has 0 bridgehead atoms. The largest absolute Gasteiger partial charge is 0.384 e. The Labute approximate surface area is 113 Å². The summed E-state index contributed by atoms with van der Waals surface area (Å²) in [6, 6.07) is 7.45. The molecule has 0 aliphatic heterocycles. The molecule has 2 aliphatic rings. The molecule has 3 nitrogen and oxygen atoms in total. The second-order valence-corrected chi connectivity index (χ2v) is 5.31. The summed E-state index contributed by atoms with van der Waals surface area (Å²) in [6.07, 6.45) is 3.71. The summed E-state index contributed by atoms with van der Waals surface area (Å²) in [5, 5.41) is 11.7. The minimum atomic E-state index is -0.151. The fraction of sp³-hybridized carbons (Fsp3) is 0.438. The molecular formula is C16H17NO2. The van der Waals surface area contributed by atoms with Gasteiger partial charge in [0, 0.05) is 17.2 Å². The third kappa shape index (κ3) is 2.50. The maximum atomic E-state index is 12.1. The smallest absolute Gasteiger partial charge is 0.228 e. The summed E-state index contributed by atoms with van der Waals surface area (Å²) in [6.45, 7) is -0.151. The maximum absolute atomic E-state index is 12.1. The number of carbonyl (C=O) groups is 1. The van der Waals surface area contributed by atoms with Crippen molar-refractivity contribution in [3.05, 3.63) is 29.8 Å². The van der Waals surface area contributed by atoms with Gasteiger partial charge in [0.2, 0.25) is 5.91 Å². The van der Waals surface area contributed by atoms with E-state index in [-0.39, 0.29) is 18.4 Å². The van der Waals surface area contributed by atoms with E-state index in [1.807, 2.05) is 24.3 Å². The lowest BCUT2D eigenvalue weighted by Crippen LogP contribution is -2.16. The molecule has 0 heterocycles. The lowest BCUT2D eigenvalue weighted by Gasteiger charge is -2.06. The lowest BCUT2D eigenvalue weighted by molar-refractivity contribution is -0.118. The molecule has 0 radical (unpaired) electrons. The van der Waals surface area contributed by atoms with E-state index in [0.29, 0.717) is 11.8 Å². The third-order valence-electron chi connectivity index (χ3n) is 4.15. The number of anilines is 1. The van der Waals surface area contributed by atoms with Crippen LogP contribution in [-0.2, 0) is 4.79 Å². The highest BCUT2D eigenvalue weighted by molar-refractivity contribution is 5.95. The van der Waals surface area contributed by atoms with Crippen molar-refractivity contribution in [3.8, 4) is 11.8 Å². The average molecular weight is 255 g/mol. The van der Waals surface area contributed by atoms with Crippen LogP contribution in [0.4, 0.5) is 5.69 Å². The minimum absolute atomic E-state index is 0.151. The van der Waals surface area contributed by atoms with Crippen molar-refractivity contribution in [2.75, 3.05) is 11.9 Å². The van der Waals surface area contributed by atoms with Crippen LogP contribution in [0, 0.1) is 29.6 Å². The normalized spacial score (nSPS) is 27.1. The zero-order chi connectivity index (χ0) is 13.2. The van der Waals surface area contributed by atoms with E-state index in [4.69, 9.17) is 5.11 Å². The summed E-state index contributed by atoms with van der Waals surface area (Å²) in [7, 11) is 0. The zero-order valence-corrected chi connectivity index (χ0v) is 10.7. The number of benzene rings is 1. The van der Waals surface area contributed by atoms with Gasteiger partial charge in [-0.3, -0.25) is 4.79 Å². The van der Waals surface area contributed by atoms with Crippen molar-refractivity contribution >= 4 is 11.6 Å². The molecule has 2 aliphatic carbocycles. The molecule has 2 N–H and O–H groups in total. The number of hydrogen-bond donors (Lipinski definition) is 2. The van der Waals surface area contributed by atoms with Crippen LogP contribution < -0.4 is 5.32 Å². The Hall–Kier alpha value is -1.79. The molecule has 1 amide bonds. The molecule has 98 valence electrons. The maximum Gasteiger partial charge on any atom is 0.228 e. The van der Waals surface area contributed by atoms with E-state index in [1.165, 1.54) is 19.3 Å². The second kappa shape index (κ2) is 5.07. The van der Waals surface area contributed by atoms with Crippen molar-refractivity contribution in [1.82, 2.24) is 0 Å². The van der Waals surface area contributed by atoms with Crippen LogP contribution in [0.1, 0.15) is 24.8 Å². The summed E-state index contributed by atoms with van der Waals surface area (Å²) >= 11 is 0. The highest BCUT2D eigenvalue weighted by Gasteiger charge is 2.56. The van der Waals surface area contributed by atoms with Crippen molar-refractivity contribution in [3.63, 3.8) is 0 Å². The monoisotopic (exact) mass is 255 g/mol. The number of aliphatic hydroxyl groups is 1. The number of nitrogens with one attached hydrogen (secondary N) is 1. The summed E-state index contributed by atoms with van der Waals surface area (Å²) in [4.78, 5) is 12.1. The Kier molecular flexibility index (Phi) is 3.27. The van der Waals surface area contributed by atoms with E-state index in [1.54, 1.807) is 0 Å². The molecule has 2 saturated carbocycles. The van der Waals surface area contributed by atoms with Gasteiger partial charge in [-0.2, -0.15) is 0 Å². The van der Waals surface area contributed by atoms with Crippen LogP contribution in [0.2, 0.25) is 0 Å². The first-order valence-electron chi connectivity index (χ1n) is 6.80. The molecule has 2 fully saturated rings. The van der Waals surface area contributed by atoms with Crippen LogP contribution >= 0.6 is 0 Å². The zero-order valence-electron chi connectivity index (χ0n) is 10.7. The number of hydrogen-bond acceptors (Lipinski definition) is 2. The van der Waals surface area contributed by atoms with Gasteiger partial charge >= 0.3 is 0 Å². The standard InChI is InChI=1S/C16H17NO2/c18-9-3-5-11-4-1-6-12(10-11)17-16(19)15-13-7-2-8-14(13)15/h1,4,6,10,13-15,18H,2,7-9H2,(H,17,19). The molecule has 3 rings (SSSR count). The molecule has 3 heteroatoms. The molecule has 2 unspecified atom stereocenters. The Morgan fingerprint density at radius 3 is 2.89 bits per heavy atom. The number of aliphatic hydroxyl groups excluding tert-OH is 1. The highest BCUT2D eigenvalue weighted by atomic mass is 16.2. The van der Waals surface area contributed by atoms with Gasteiger partial charge in [-0.05, 0) is 42.9 Å². The first-order valence-corrected chi connectivity index (χ1v) is 6.80. The summed E-state index contributed by atoms with van der Waals surface area (Å²) in [5.74, 6) is 7.11. The van der Waals surface area contributed by atoms with E-state index < -0.39 is 0 Å². The van der Waals surface area contributed by atoms with Gasteiger partial charge < -0.3 is 10.4 Å². The van der Waals surface area contributed by atoms with E-state index in [2.05, 4.69) is 17.2 Å². The Morgan fingerprint density at radius 1 is 1.37 bits per heavy atom. The first kappa shape index (κ1) is 12.3. The number of fused-ring (bicyclic) bond motifs is 1. The van der Waals surface area contributed by atoms with Gasteiger partial charge in [0.25, 0.3) is 0 Å². The molecule has 1 aromatic rings. The molecule has 1 aromatic carbocycles. The summed E-state index contributed by atoms with van der Waals surface area (Å²) < 4.78 is 0. The fourth-order valence-electron chi connectivity index (χ4n) is 3.25. The van der Waals surface area contributed by atoms with E-state index in [9.17, 15) is 4.79 Å². The lowest BCUT2D eigenvalue weighted by atomic mass is 10.1. The van der Waals surface area contributed by atoms with Gasteiger partial charge in [-0.25, -0.2) is 0 Å². The van der Waals surface area contributed by atoms with Crippen molar-refractivity contribution in [1.29, 1.82) is 0 Å². The van der Waals surface area contributed by atoms with Crippen molar-refractivity contribution in [2.45, 2.75) is 19.3 Å². The molecule has 0 spiro atoms. The molecular weight excluding hydrogens is 238 g/mol. The van der Waals surface area contributed by atoms with Crippen LogP contribution in [0.15, 0.2) is 24.3 Å². The first-order chi connectivity index (χ1) is 9.29. The van der Waals surface area contributed by atoms with Crippen LogP contribution in [0.5, 0.6) is 0 Å². The highest BCUT2D eigenvalue weighted by Crippen LogP contribution is 2.57. The van der Waals surface area contributed by atoms with E-state index in [0.717, 1.165) is 11.3 Å². The van der Waals surface area contributed by atoms with E-state index >= 15 is 0 Å². The number of carbonyl (C=O) groups excluding carboxylic acids is 1. The summed E-state index contributed by atoms with van der Waals surface area (Å²) in [5.41, 5.74) is 1.60. The SMILES string of the molecule is O=C(Nc1cccc(C#CCO)c1)C1C2CCCC21. The number of rotatable bonds is 2. The quantitative estimate of drug-likeness (QED) is 0.794. The predicted octanol–water partition coefficient (Wildman–Crippen LogP) is 2.01. The Morgan fingerprint density at radius 2 is 2.16 bits per heavy atom. The topological polar surface area (TPSA) is 49.3 Å².